The topological polar surface area (TPSA) is 46.5 Å². The molecule has 1 unspecified atom stereocenters. The number of halogens is 1. The van der Waals surface area contributed by atoms with Gasteiger partial charge in [0.05, 0.1) is 12.5 Å². The molecule has 128 valence electrons. The zero-order valence-electron chi connectivity index (χ0n) is 13.9. The van der Waals surface area contributed by atoms with Crippen LogP contribution in [0.25, 0.3) is 0 Å². The molecule has 0 aliphatic rings. The van der Waals surface area contributed by atoms with Gasteiger partial charge in [-0.2, -0.15) is 0 Å². The second kappa shape index (κ2) is 9.33. The number of aliphatic carboxylic acids is 1. The van der Waals surface area contributed by atoms with Gasteiger partial charge in [0.1, 0.15) is 5.75 Å². The number of carbonyl (C=O) groups is 1. The van der Waals surface area contributed by atoms with E-state index < -0.39 is 11.9 Å². The summed E-state index contributed by atoms with van der Waals surface area (Å²) in [7, 11) is 0. The lowest BCUT2D eigenvalue weighted by Crippen LogP contribution is -2.15. The molecule has 4 heteroatoms. The average Bonchev–Trinajstić information content (AvgIpc) is 2.58. The van der Waals surface area contributed by atoms with Gasteiger partial charge in [0, 0.05) is 5.02 Å². The number of unbranched alkanes of at least 4 members (excludes halogenated alkanes) is 2. The zero-order chi connectivity index (χ0) is 17.4. The van der Waals surface area contributed by atoms with Crippen LogP contribution in [0.5, 0.6) is 5.75 Å². The molecular formula is C20H23ClO3. The van der Waals surface area contributed by atoms with E-state index in [2.05, 4.69) is 6.92 Å². The maximum atomic E-state index is 11.7. The first kappa shape index (κ1) is 18.3. The number of carboxylic acids is 1. The van der Waals surface area contributed by atoms with Crippen molar-refractivity contribution in [1.29, 1.82) is 0 Å². The number of benzene rings is 2. The Morgan fingerprint density at radius 3 is 2.58 bits per heavy atom. The molecule has 1 atom stereocenters. The Labute approximate surface area is 148 Å². The van der Waals surface area contributed by atoms with Crippen molar-refractivity contribution in [2.45, 2.75) is 38.5 Å². The van der Waals surface area contributed by atoms with Crippen LogP contribution in [0.1, 0.15) is 43.2 Å². The van der Waals surface area contributed by atoms with Crippen molar-refractivity contribution < 1.29 is 14.6 Å². The molecule has 0 aliphatic carbocycles. The lowest BCUT2D eigenvalue weighted by molar-refractivity contribution is -0.138. The summed E-state index contributed by atoms with van der Waals surface area (Å²) in [6.45, 7) is 2.77. The second-order valence-electron chi connectivity index (χ2n) is 5.81. The van der Waals surface area contributed by atoms with Crippen LogP contribution in [0.4, 0.5) is 0 Å². The fourth-order valence-electron chi connectivity index (χ4n) is 2.64. The molecule has 0 radical (unpaired) electrons. The molecule has 0 spiro atoms. The number of hydrogen-bond donors (Lipinski definition) is 1. The number of carboxylic acid groups (broad SMARTS) is 1. The van der Waals surface area contributed by atoms with E-state index in [1.165, 1.54) is 0 Å². The third-order valence-corrected chi connectivity index (χ3v) is 4.19. The molecular weight excluding hydrogens is 324 g/mol. The monoisotopic (exact) mass is 346 g/mol. The van der Waals surface area contributed by atoms with Gasteiger partial charge in [0.25, 0.3) is 0 Å². The Morgan fingerprint density at radius 2 is 1.92 bits per heavy atom. The Hall–Kier alpha value is -2.00. The van der Waals surface area contributed by atoms with Gasteiger partial charge >= 0.3 is 5.97 Å². The highest BCUT2D eigenvalue weighted by molar-refractivity contribution is 6.30. The molecule has 24 heavy (non-hydrogen) atoms. The second-order valence-corrected chi connectivity index (χ2v) is 6.25. The molecule has 0 saturated heterocycles. The lowest BCUT2D eigenvalue weighted by atomic mass is 9.91. The molecule has 0 fully saturated rings. The quantitative estimate of drug-likeness (QED) is 0.625. The predicted octanol–water partition coefficient (Wildman–Crippen LogP) is 5.32. The Balaban J connectivity index is 2.19. The van der Waals surface area contributed by atoms with Crippen LogP contribution in [-0.4, -0.2) is 17.7 Å². The molecule has 0 amide bonds. The van der Waals surface area contributed by atoms with Crippen LogP contribution >= 0.6 is 11.6 Å². The van der Waals surface area contributed by atoms with Crippen molar-refractivity contribution in [1.82, 2.24) is 0 Å². The first-order valence-corrected chi connectivity index (χ1v) is 8.68. The molecule has 2 aromatic rings. The molecule has 0 saturated carbocycles. The maximum Gasteiger partial charge on any atom is 0.311 e. The fourth-order valence-corrected chi connectivity index (χ4v) is 2.83. The summed E-state index contributed by atoms with van der Waals surface area (Å²) >= 11 is 6.11. The molecule has 2 aromatic carbocycles. The average molecular weight is 347 g/mol. The largest absolute Gasteiger partial charge is 0.493 e. The molecule has 0 heterocycles. The summed E-state index contributed by atoms with van der Waals surface area (Å²) in [5.41, 5.74) is 1.61. The zero-order valence-corrected chi connectivity index (χ0v) is 14.6. The SMILES string of the molecule is CCCCCOc1ccc(Cl)cc1CC(C(=O)O)c1ccccc1. The first-order valence-electron chi connectivity index (χ1n) is 8.30. The van der Waals surface area contributed by atoms with Gasteiger partial charge < -0.3 is 9.84 Å². The van der Waals surface area contributed by atoms with E-state index in [-0.39, 0.29) is 0 Å². The smallest absolute Gasteiger partial charge is 0.311 e. The van der Waals surface area contributed by atoms with E-state index in [4.69, 9.17) is 16.3 Å². The predicted molar refractivity (Wildman–Crippen MR) is 97.0 cm³/mol. The van der Waals surface area contributed by atoms with Crippen LogP contribution in [0.3, 0.4) is 0 Å². The highest BCUT2D eigenvalue weighted by Crippen LogP contribution is 2.29. The van der Waals surface area contributed by atoms with E-state index in [0.717, 1.165) is 36.1 Å². The Morgan fingerprint density at radius 1 is 1.17 bits per heavy atom. The summed E-state index contributed by atoms with van der Waals surface area (Å²) in [5, 5.41) is 10.2. The van der Waals surface area contributed by atoms with E-state index in [1.807, 2.05) is 36.4 Å². The molecule has 0 aromatic heterocycles. The van der Waals surface area contributed by atoms with Gasteiger partial charge in [0.2, 0.25) is 0 Å². The molecule has 0 aliphatic heterocycles. The van der Waals surface area contributed by atoms with Crippen molar-refractivity contribution in [2.24, 2.45) is 0 Å². The van der Waals surface area contributed by atoms with Crippen molar-refractivity contribution in [2.75, 3.05) is 6.61 Å². The van der Waals surface area contributed by atoms with E-state index >= 15 is 0 Å². The minimum absolute atomic E-state index is 0.350. The van der Waals surface area contributed by atoms with Gasteiger partial charge in [-0.25, -0.2) is 0 Å². The summed E-state index contributed by atoms with van der Waals surface area (Å²) in [6.07, 6.45) is 3.58. The van der Waals surface area contributed by atoms with Crippen LogP contribution in [0.2, 0.25) is 5.02 Å². The van der Waals surface area contributed by atoms with E-state index in [1.54, 1.807) is 12.1 Å². The summed E-state index contributed by atoms with van der Waals surface area (Å²) in [5.74, 6) is -0.751. The number of ether oxygens (including phenoxy) is 1. The Kier molecular flexibility index (Phi) is 7.13. The minimum atomic E-state index is -0.849. The normalized spacial score (nSPS) is 11.9. The van der Waals surface area contributed by atoms with Crippen molar-refractivity contribution >= 4 is 17.6 Å². The highest BCUT2D eigenvalue weighted by Gasteiger charge is 2.22. The van der Waals surface area contributed by atoms with Crippen molar-refractivity contribution in [3.63, 3.8) is 0 Å². The van der Waals surface area contributed by atoms with Crippen LogP contribution < -0.4 is 4.74 Å². The molecule has 3 nitrogen and oxygen atoms in total. The van der Waals surface area contributed by atoms with Crippen molar-refractivity contribution in [3.8, 4) is 5.75 Å². The number of rotatable bonds is 9. The van der Waals surface area contributed by atoms with Gasteiger partial charge in [-0.15, -0.1) is 0 Å². The maximum absolute atomic E-state index is 11.7. The van der Waals surface area contributed by atoms with Crippen LogP contribution in [-0.2, 0) is 11.2 Å². The fraction of sp³-hybridized carbons (Fsp3) is 0.350. The van der Waals surface area contributed by atoms with E-state index in [0.29, 0.717) is 18.1 Å². The van der Waals surface area contributed by atoms with Gasteiger partial charge in [-0.3, -0.25) is 4.79 Å². The first-order chi connectivity index (χ1) is 11.6. The van der Waals surface area contributed by atoms with Crippen LogP contribution in [0.15, 0.2) is 48.5 Å². The third kappa shape index (κ3) is 5.27. The lowest BCUT2D eigenvalue weighted by Gasteiger charge is -2.16. The van der Waals surface area contributed by atoms with Gasteiger partial charge in [0.15, 0.2) is 0 Å². The third-order valence-electron chi connectivity index (χ3n) is 3.95. The van der Waals surface area contributed by atoms with Gasteiger partial charge in [-0.05, 0) is 42.2 Å². The highest BCUT2D eigenvalue weighted by atomic mass is 35.5. The van der Waals surface area contributed by atoms with E-state index in [9.17, 15) is 9.90 Å². The summed E-state index contributed by atoms with van der Waals surface area (Å²) < 4.78 is 5.86. The molecule has 1 N–H and O–H groups in total. The Bertz CT molecular complexity index is 655. The molecule has 0 bridgehead atoms. The summed E-state index contributed by atoms with van der Waals surface area (Å²) in [6, 6.07) is 14.7. The minimum Gasteiger partial charge on any atom is -0.493 e. The molecule has 2 rings (SSSR count). The summed E-state index contributed by atoms with van der Waals surface area (Å²) in [4.78, 5) is 11.7. The van der Waals surface area contributed by atoms with Crippen LogP contribution in [0, 0.1) is 0 Å². The standard InChI is InChI=1S/C20H23ClO3/c1-2-3-7-12-24-19-11-10-17(21)13-16(19)14-18(20(22)23)15-8-5-4-6-9-15/h4-6,8-11,13,18H,2-3,7,12,14H2,1H3,(H,22,23). The van der Waals surface area contributed by atoms with Crippen molar-refractivity contribution in [3.05, 3.63) is 64.7 Å². The number of hydrogen-bond acceptors (Lipinski definition) is 2. The van der Waals surface area contributed by atoms with Gasteiger partial charge in [-0.1, -0.05) is 61.7 Å².